The maximum Gasteiger partial charge on any atom is 0.420 e. The van der Waals surface area contributed by atoms with Gasteiger partial charge < -0.3 is 9.67 Å². The number of alkyl halides is 3. The molecule has 1 aromatic rings. The van der Waals surface area contributed by atoms with Crippen molar-refractivity contribution in [2.24, 2.45) is 7.05 Å². The fourth-order valence-electron chi connectivity index (χ4n) is 0.742. The summed E-state index contributed by atoms with van der Waals surface area (Å²) in [5.41, 5.74) is -0.384. The number of aromatic nitrogens is 2. The predicted octanol–water partition coefficient (Wildman–Crippen LogP) is 1.02. The van der Waals surface area contributed by atoms with Crippen LogP contribution in [0.2, 0.25) is 0 Å². The Morgan fingerprint density at radius 1 is 1.58 bits per heavy atom. The number of aliphatic hydroxyl groups is 1. The van der Waals surface area contributed by atoms with Crippen LogP contribution in [0, 0.1) is 0 Å². The number of halogens is 3. The van der Waals surface area contributed by atoms with Crippen LogP contribution in [0.3, 0.4) is 0 Å². The molecule has 0 aliphatic carbocycles. The Kier molecular flexibility index (Phi) is 2.10. The minimum atomic E-state index is -4.64. The molecule has 6 heteroatoms. The van der Waals surface area contributed by atoms with Crippen LogP contribution in [-0.2, 0) is 7.05 Å². The van der Waals surface area contributed by atoms with Crippen molar-refractivity contribution in [3.05, 3.63) is 18.2 Å². The summed E-state index contributed by atoms with van der Waals surface area (Å²) in [6.07, 6.45) is -4.81. The van der Waals surface area contributed by atoms with Gasteiger partial charge in [0.2, 0.25) is 0 Å². The standard InChI is InChI=1S/C6H7F3N2O/c1-11-2-4(10-3-11)5(12)6(7,8)9/h2-3,5,12H,1H3/t5-/m1/s1. The maximum absolute atomic E-state index is 11.8. The van der Waals surface area contributed by atoms with Crippen molar-refractivity contribution in [1.82, 2.24) is 9.55 Å². The third-order valence-corrected chi connectivity index (χ3v) is 1.32. The fourth-order valence-corrected chi connectivity index (χ4v) is 0.742. The first-order chi connectivity index (χ1) is 5.41. The summed E-state index contributed by atoms with van der Waals surface area (Å²) in [4.78, 5) is 3.38. The van der Waals surface area contributed by atoms with E-state index < -0.39 is 12.3 Å². The predicted molar refractivity (Wildman–Crippen MR) is 34.2 cm³/mol. The van der Waals surface area contributed by atoms with E-state index in [2.05, 4.69) is 4.98 Å². The number of aliphatic hydroxyl groups excluding tert-OH is 1. The van der Waals surface area contributed by atoms with Crippen molar-refractivity contribution in [1.29, 1.82) is 0 Å². The Morgan fingerprint density at radius 2 is 2.17 bits per heavy atom. The van der Waals surface area contributed by atoms with Crippen LogP contribution >= 0.6 is 0 Å². The molecule has 0 bridgehead atoms. The monoisotopic (exact) mass is 180 g/mol. The Morgan fingerprint density at radius 3 is 2.50 bits per heavy atom. The molecule has 0 unspecified atom stereocenters. The average molecular weight is 180 g/mol. The molecule has 0 aliphatic rings. The topological polar surface area (TPSA) is 38.0 Å². The van der Waals surface area contributed by atoms with Gasteiger partial charge in [-0.2, -0.15) is 13.2 Å². The van der Waals surface area contributed by atoms with E-state index >= 15 is 0 Å². The lowest BCUT2D eigenvalue weighted by Gasteiger charge is -2.11. The van der Waals surface area contributed by atoms with Crippen LogP contribution in [0.4, 0.5) is 13.2 Å². The molecule has 3 nitrogen and oxygen atoms in total. The van der Waals surface area contributed by atoms with Gasteiger partial charge in [-0.05, 0) is 0 Å². The highest BCUT2D eigenvalue weighted by Gasteiger charge is 2.40. The van der Waals surface area contributed by atoms with Crippen molar-refractivity contribution in [2.75, 3.05) is 0 Å². The molecule has 1 rings (SSSR count). The van der Waals surface area contributed by atoms with Crippen molar-refractivity contribution in [2.45, 2.75) is 12.3 Å². The minimum absolute atomic E-state index is 0.384. The summed E-state index contributed by atoms with van der Waals surface area (Å²) in [6, 6.07) is 0. The Balaban J connectivity index is 2.85. The lowest BCUT2D eigenvalue weighted by molar-refractivity contribution is -0.207. The molecule has 0 amide bonds. The van der Waals surface area contributed by atoms with E-state index in [-0.39, 0.29) is 5.69 Å². The molecule has 0 saturated heterocycles. The summed E-state index contributed by atoms with van der Waals surface area (Å²) in [7, 11) is 1.53. The number of aryl methyl sites for hydroxylation is 1. The molecular weight excluding hydrogens is 173 g/mol. The van der Waals surface area contributed by atoms with Gasteiger partial charge in [0.25, 0.3) is 0 Å². The molecule has 0 aromatic carbocycles. The highest BCUT2D eigenvalue weighted by atomic mass is 19.4. The number of nitrogens with zero attached hydrogens (tertiary/aromatic N) is 2. The van der Waals surface area contributed by atoms with Gasteiger partial charge in [-0.1, -0.05) is 0 Å². The van der Waals surface area contributed by atoms with Crippen LogP contribution in [0.25, 0.3) is 0 Å². The molecule has 0 aliphatic heterocycles. The first-order valence-corrected chi connectivity index (χ1v) is 3.14. The number of hydrogen-bond acceptors (Lipinski definition) is 2. The summed E-state index contributed by atoms with van der Waals surface area (Å²) in [5, 5.41) is 8.67. The highest BCUT2D eigenvalue weighted by molar-refractivity contribution is 5.02. The molecule has 68 valence electrons. The normalized spacial score (nSPS) is 14.8. The molecule has 12 heavy (non-hydrogen) atoms. The Labute approximate surface area is 66.5 Å². The van der Waals surface area contributed by atoms with E-state index in [0.717, 1.165) is 6.20 Å². The van der Waals surface area contributed by atoms with E-state index in [9.17, 15) is 13.2 Å². The van der Waals surface area contributed by atoms with E-state index in [4.69, 9.17) is 5.11 Å². The largest absolute Gasteiger partial charge is 0.420 e. The second-order valence-corrected chi connectivity index (χ2v) is 2.41. The third-order valence-electron chi connectivity index (χ3n) is 1.32. The molecule has 0 saturated carbocycles. The molecule has 1 aromatic heterocycles. The molecular formula is C6H7F3N2O. The second-order valence-electron chi connectivity index (χ2n) is 2.41. The zero-order valence-electron chi connectivity index (χ0n) is 6.21. The highest BCUT2D eigenvalue weighted by Crippen LogP contribution is 2.30. The molecule has 1 heterocycles. The van der Waals surface area contributed by atoms with Crippen LogP contribution in [0.15, 0.2) is 12.5 Å². The first-order valence-electron chi connectivity index (χ1n) is 3.14. The fraction of sp³-hybridized carbons (Fsp3) is 0.500. The minimum Gasteiger partial charge on any atom is -0.378 e. The molecule has 0 radical (unpaired) electrons. The SMILES string of the molecule is Cn1cnc([C@@H](O)C(F)(F)F)c1. The maximum atomic E-state index is 11.8. The van der Waals surface area contributed by atoms with E-state index in [1.807, 2.05) is 0 Å². The van der Waals surface area contributed by atoms with Crippen molar-refractivity contribution in [3.63, 3.8) is 0 Å². The summed E-state index contributed by atoms with van der Waals surface area (Å²) in [5.74, 6) is 0. The van der Waals surface area contributed by atoms with E-state index in [1.54, 1.807) is 0 Å². The first kappa shape index (κ1) is 9.05. The smallest absolute Gasteiger partial charge is 0.378 e. The van der Waals surface area contributed by atoms with Crippen molar-refractivity contribution < 1.29 is 18.3 Å². The van der Waals surface area contributed by atoms with Gasteiger partial charge in [0, 0.05) is 13.2 Å². The summed E-state index contributed by atoms with van der Waals surface area (Å²) < 4.78 is 36.9. The van der Waals surface area contributed by atoms with Crippen molar-refractivity contribution in [3.8, 4) is 0 Å². The van der Waals surface area contributed by atoms with Crippen LogP contribution in [-0.4, -0.2) is 20.8 Å². The lowest BCUT2D eigenvalue weighted by Crippen LogP contribution is -2.20. The van der Waals surface area contributed by atoms with Gasteiger partial charge in [0.1, 0.15) is 0 Å². The average Bonchev–Trinajstić information content (AvgIpc) is 2.32. The summed E-state index contributed by atoms with van der Waals surface area (Å²) >= 11 is 0. The van der Waals surface area contributed by atoms with Crippen LogP contribution < -0.4 is 0 Å². The molecule has 1 atom stereocenters. The second kappa shape index (κ2) is 2.78. The number of hydrogen-bond donors (Lipinski definition) is 1. The van der Waals surface area contributed by atoms with Gasteiger partial charge in [0.15, 0.2) is 6.10 Å². The summed E-state index contributed by atoms with van der Waals surface area (Å²) in [6.45, 7) is 0. The van der Waals surface area contributed by atoms with Crippen LogP contribution in [0.5, 0.6) is 0 Å². The van der Waals surface area contributed by atoms with Gasteiger partial charge in [-0.15, -0.1) is 0 Å². The van der Waals surface area contributed by atoms with Crippen LogP contribution in [0.1, 0.15) is 11.8 Å². The lowest BCUT2D eigenvalue weighted by atomic mass is 10.3. The van der Waals surface area contributed by atoms with Gasteiger partial charge in [-0.25, -0.2) is 4.98 Å². The van der Waals surface area contributed by atoms with Gasteiger partial charge in [-0.3, -0.25) is 0 Å². The van der Waals surface area contributed by atoms with Gasteiger partial charge in [0.05, 0.1) is 12.0 Å². The molecule has 0 spiro atoms. The molecule has 0 fully saturated rings. The third kappa shape index (κ3) is 1.76. The van der Waals surface area contributed by atoms with Crippen molar-refractivity contribution >= 4 is 0 Å². The Bertz CT molecular complexity index is 268. The zero-order valence-corrected chi connectivity index (χ0v) is 6.21. The number of rotatable bonds is 1. The molecule has 1 N–H and O–H groups in total. The quantitative estimate of drug-likeness (QED) is 0.700. The Hall–Kier alpha value is -1.04. The zero-order chi connectivity index (χ0) is 9.35. The number of imidazole rings is 1. The van der Waals surface area contributed by atoms with E-state index in [0.29, 0.717) is 0 Å². The van der Waals surface area contributed by atoms with E-state index in [1.165, 1.54) is 17.9 Å². The van der Waals surface area contributed by atoms with Gasteiger partial charge >= 0.3 is 6.18 Å².